The van der Waals surface area contributed by atoms with Crippen LogP contribution in [-0.4, -0.2) is 31.5 Å². The third-order valence-corrected chi connectivity index (χ3v) is 5.06. The second kappa shape index (κ2) is 5.40. The van der Waals surface area contributed by atoms with Crippen molar-refractivity contribution in [3.8, 4) is 0 Å². The lowest BCUT2D eigenvalue weighted by Crippen LogP contribution is -2.12. The number of hydrogen-bond acceptors (Lipinski definition) is 6. The van der Waals surface area contributed by atoms with Crippen molar-refractivity contribution in [3.63, 3.8) is 0 Å². The molecule has 0 amide bonds. The topological polar surface area (TPSA) is 68.5 Å². The Labute approximate surface area is 126 Å². The van der Waals surface area contributed by atoms with E-state index in [1.165, 1.54) is 35.1 Å². The van der Waals surface area contributed by atoms with Crippen molar-refractivity contribution < 1.29 is 0 Å². The second-order valence-corrected chi connectivity index (χ2v) is 6.29. The molecule has 0 saturated heterocycles. The van der Waals surface area contributed by atoms with Gasteiger partial charge in [0.05, 0.1) is 18.1 Å². The summed E-state index contributed by atoms with van der Waals surface area (Å²) < 4.78 is 1.81. The molecule has 3 aromatic heterocycles. The Hall–Kier alpha value is -2.02. The minimum atomic E-state index is 0.776. The van der Waals surface area contributed by atoms with E-state index in [1.807, 2.05) is 22.2 Å². The van der Waals surface area contributed by atoms with E-state index in [0.717, 1.165) is 30.2 Å². The number of fused-ring (bicyclic) bond motifs is 3. The largest absolute Gasteiger partial charge is 0.368 e. The summed E-state index contributed by atoms with van der Waals surface area (Å²) in [7, 11) is 0. The number of aryl methyl sites for hydroxylation is 2. The lowest BCUT2D eigenvalue weighted by molar-refractivity contribution is 0.608. The number of thiophene rings is 1. The molecule has 1 aliphatic carbocycles. The molecule has 0 fully saturated rings. The van der Waals surface area contributed by atoms with E-state index in [2.05, 4.69) is 25.6 Å². The van der Waals surface area contributed by atoms with E-state index >= 15 is 0 Å². The first-order valence-corrected chi connectivity index (χ1v) is 8.06. The Morgan fingerprint density at radius 1 is 1.24 bits per heavy atom. The van der Waals surface area contributed by atoms with Gasteiger partial charge in [-0.15, -0.1) is 16.4 Å². The maximum atomic E-state index is 4.45. The van der Waals surface area contributed by atoms with Crippen LogP contribution < -0.4 is 5.32 Å². The standard InChI is InChI=1S/C14H16N6S/c1-2-4-11-10(3-1)12-13(16-9-17-14(12)21-11)15-5-7-20-8-6-18-19-20/h6,8-9H,1-5,7H2,(H,15,16,17). The van der Waals surface area contributed by atoms with E-state index in [-0.39, 0.29) is 0 Å². The van der Waals surface area contributed by atoms with E-state index in [0.29, 0.717) is 0 Å². The summed E-state index contributed by atoms with van der Waals surface area (Å²) in [4.78, 5) is 11.5. The first kappa shape index (κ1) is 12.7. The molecular weight excluding hydrogens is 284 g/mol. The van der Waals surface area contributed by atoms with Gasteiger partial charge in [-0.2, -0.15) is 0 Å². The molecule has 0 aromatic carbocycles. The van der Waals surface area contributed by atoms with Crippen molar-refractivity contribution in [2.24, 2.45) is 0 Å². The number of anilines is 1. The monoisotopic (exact) mass is 300 g/mol. The highest BCUT2D eigenvalue weighted by molar-refractivity contribution is 7.19. The number of rotatable bonds is 4. The van der Waals surface area contributed by atoms with Gasteiger partial charge < -0.3 is 5.32 Å². The smallest absolute Gasteiger partial charge is 0.138 e. The molecule has 0 bridgehead atoms. The molecule has 0 spiro atoms. The number of hydrogen-bond donors (Lipinski definition) is 1. The van der Waals surface area contributed by atoms with Crippen molar-refractivity contribution >= 4 is 27.4 Å². The molecule has 1 aliphatic rings. The quantitative estimate of drug-likeness (QED) is 0.800. The van der Waals surface area contributed by atoms with Crippen LogP contribution in [-0.2, 0) is 19.4 Å². The lowest BCUT2D eigenvalue weighted by atomic mass is 9.97. The van der Waals surface area contributed by atoms with Gasteiger partial charge in [0.15, 0.2) is 0 Å². The molecule has 1 N–H and O–H groups in total. The van der Waals surface area contributed by atoms with Gasteiger partial charge in [-0.25, -0.2) is 9.97 Å². The molecule has 21 heavy (non-hydrogen) atoms. The molecule has 0 radical (unpaired) electrons. The van der Waals surface area contributed by atoms with E-state index in [1.54, 1.807) is 12.5 Å². The van der Waals surface area contributed by atoms with Gasteiger partial charge in [0.2, 0.25) is 0 Å². The van der Waals surface area contributed by atoms with Crippen LogP contribution in [0.15, 0.2) is 18.7 Å². The molecule has 0 aliphatic heterocycles. The van der Waals surface area contributed by atoms with Crippen LogP contribution in [0.5, 0.6) is 0 Å². The highest BCUT2D eigenvalue weighted by Crippen LogP contribution is 2.37. The van der Waals surface area contributed by atoms with Crippen molar-refractivity contribution in [3.05, 3.63) is 29.2 Å². The van der Waals surface area contributed by atoms with Crippen molar-refractivity contribution in [1.82, 2.24) is 25.0 Å². The van der Waals surface area contributed by atoms with Crippen LogP contribution >= 0.6 is 11.3 Å². The number of nitrogens with one attached hydrogen (secondary N) is 1. The predicted octanol–water partition coefficient (Wildman–Crippen LogP) is 2.27. The Bertz CT molecular complexity index is 748. The van der Waals surface area contributed by atoms with Gasteiger partial charge in [0.1, 0.15) is 17.0 Å². The predicted molar refractivity (Wildman–Crippen MR) is 82.6 cm³/mol. The van der Waals surface area contributed by atoms with Gasteiger partial charge in [-0.3, -0.25) is 4.68 Å². The Morgan fingerprint density at radius 2 is 2.19 bits per heavy atom. The maximum absolute atomic E-state index is 4.45. The van der Waals surface area contributed by atoms with Crippen molar-refractivity contribution in [2.45, 2.75) is 32.2 Å². The van der Waals surface area contributed by atoms with Crippen LogP contribution in [0.1, 0.15) is 23.3 Å². The average Bonchev–Trinajstić information content (AvgIpc) is 3.14. The zero-order chi connectivity index (χ0) is 14.1. The summed E-state index contributed by atoms with van der Waals surface area (Å²) in [6.45, 7) is 1.55. The summed E-state index contributed by atoms with van der Waals surface area (Å²) >= 11 is 1.83. The minimum absolute atomic E-state index is 0.776. The zero-order valence-corrected chi connectivity index (χ0v) is 12.4. The Morgan fingerprint density at radius 3 is 3.10 bits per heavy atom. The molecule has 4 rings (SSSR count). The SMILES string of the molecule is c1cn(CCNc2ncnc3sc4c(c23)CCCC4)nn1. The normalized spacial score (nSPS) is 14.3. The van der Waals surface area contributed by atoms with Crippen LogP contribution in [0.25, 0.3) is 10.2 Å². The van der Waals surface area contributed by atoms with Crippen LogP contribution in [0, 0.1) is 0 Å². The maximum Gasteiger partial charge on any atom is 0.138 e. The van der Waals surface area contributed by atoms with Gasteiger partial charge >= 0.3 is 0 Å². The highest BCUT2D eigenvalue weighted by Gasteiger charge is 2.19. The van der Waals surface area contributed by atoms with Crippen LogP contribution in [0.3, 0.4) is 0 Å². The fraction of sp³-hybridized carbons (Fsp3) is 0.429. The summed E-state index contributed by atoms with van der Waals surface area (Å²) in [5, 5.41) is 12.4. The average molecular weight is 300 g/mol. The Kier molecular flexibility index (Phi) is 3.27. The van der Waals surface area contributed by atoms with Gasteiger partial charge in [0, 0.05) is 17.6 Å². The summed E-state index contributed by atoms with van der Waals surface area (Å²) in [6, 6.07) is 0. The van der Waals surface area contributed by atoms with Crippen LogP contribution in [0.2, 0.25) is 0 Å². The summed E-state index contributed by atoms with van der Waals surface area (Å²) in [5.41, 5.74) is 1.46. The first-order chi connectivity index (χ1) is 10.4. The van der Waals surface area contributed by atoms with Crippen LogP contribution in [0.4, 0.5) is 5.82 Å². The molecule has 7 heteroatoms. The molecule has 3 aromatic rings. The minimum Gasteiger partial charge on any atom is -0.368 e. The second-order valence-electron chi connectivity index (χ2n) is 5.21. The van der Waals surface area contributed by atoms with E-state index < -0.39 is 0 Å². The molecule has 3 heterocycles. The van der Waals surface area contributed by atoms with Gasteiger partial charge in [-0.1, -0.05) is 5.21 Å². The van der Waals surface area contributed by atoms with Crippen molar-refractivity contribution in [1.29, 1.82) is 0 Å². The molecular formula is C14H16N6S. The molecule has 0 saturated carbocycles. The summed E-state index contributed by atoms with van der Waals surface area (Å²) in [6.07, 6.45) is 10.1. The fourth-order valence-corrected chi connectivity index (χ4v) is 4.09. The highest BCUT2D eigenvalue weighted by atomic mass is 32.1. The third kappa shape index (κ3) is 2.37. The molecule has 0 atom stereocenters. The van der Waals surface area contributed by atoms with Crippen molar-refractivity contribution in [2.75, 3.05) is 11.9 Å². The first-order valence-electron chi connectivity index (χ1n) is 7.25. The Balaban J connectivity index is 1.60. The molecule has 6 nitrogen and oxygen atoms in total. The van der Waals surface area contributed by atoms with E-state index in [4.69, 9.17) is 0 Å². The lowest BCUT2D eigenvalue weighted by Gasteiger charge is -2.12. The fourth-order valence-electron chi connectivity index (χ4n) is 2.87. The van der Waals surface area contributed by atoms with E-state index in [9.17, 15) is 0 Å². The molecule has 0 unspecified atom stereocenters. The van der Waals surface area contributed by atoms with Gasteiger partial charge in [-0.05, 0) is 31.2 Å². The third-order valence-electron chi connectivity index (χ3n) is 3.86. The number of aromatic nitrogens is 5. The zero-order valence-electron chi connectivity index (χ0n) is 11.6. The molecule has 108 valence electrons. The van der Waals surface area contributed by atoms with Gasteiger partial charge in [0.25, 0.3) is 0 Å². The summed E-state index contributed by atoms with van der Waals surface area (Å²) in [5.74, 6) is 0.958. The number of nitrogens with zero attached hydrogens (tertiary/aromatic N) is 5.